The van der Waals surface area contributed by atoms with Crippen LogP contribution >= 0.6 is 0 Å². The van der Waals surface area contributed by atoms with Gasteiger partial charge in [-0.15, -0.1) is 0 Å². The van der Waals surface area contributed by atoms with Crippen molar-refractivity contribution >= 4 is 12.1 Å². The maximum absolute atomic E-state index is 13.4. The van der Waals surface area contributed by atoms with Crippen LogP contribution in [0.2, 0.25) is 0 Å². The first kappa shape index (κ1) is 13.4. The van der Waals surface area contributed by atoms with Crippen molar-refractivity contribution in [1.29, 1.82) is 0 Å². The number of ether oxygens (including phenoxy) is 1. The number of anilines is 1. The first-order chi connectivity index (χ1) is 7.83. The maximum atomic E-state index is 13.4. The molecule has 0 aliphatic carbocycles. The molecule has 0 spiro atoms. The monoisotopic (exact) mass is 245 g/mol. The van der Waals surface area contributed by atoms with E-state index in [1.807, 2.05) is 0 Å². The Morgan fingerprint density at radius 2 is 1.94 bits per heavy atom. The predicted molar refractivity (Wildman–Crippen MR) is 57.8 cm³/mol. The van der Waals surface area contributed by atoms with Crippen molar-refractivity contribution in [1.82, 2.24) is 0 Å². The SMILES string of the molecule is CC(C)(O)COc1c(F)cc(NC=O)cc1F. The van der Waals surface area contributed by atoms with Crippen molar-refractivity contribution in [2.45, 2.75) is 19.4 Å². The van der Waals surface area contributed by atoms with Crippen LogP contribution in [0.1, 0.15) is 13.8 Å². The third kappa shape index (κ3) is 3.99. The van der Waals surface area contributed by atoms with E-state index < -0.39 is 23.0 Å². The van der Waals surface area contributed by atoms with Crippen LogP contribution in [0.4, 0.5) is 14.5 Å². The number of hydrogen-bond acceptors (Lipinski definition) is 3. The molecule has 2 N–H and O–H groups in total. The number of aliphatic hydroxyl groups is 1. The lowest BCUT2D eigenvalue weighted by Crippen LogP contribution is -2.28. The van der Waals surface area contributed by atoms with Gasteiger partial charge in [-0.1, -0.05) is 0 Å². The molecule has 0 aliphatic heterocycles. The van der Waals surface area contributed by atoms with E-state index in [2.05, 4.69) is 5.32 Å². The molecule has 0 aromatic heterocycles. The standard InChI is InChI=1S/C11H13F2NO3/c1-11(2,16)5-17-10-8(12)3-7(14-6-15)4-9(10)13/h3-4,6,16H,5H2,1-2H3,(H,14,15). The highest BCUT2D eigenvalue weighted by molar-refractivity contribution is 5.71. The number of benzene rings is 1. The zero-order chi connectivity index (χ0) is 13.1. The Morgan fingerprint density at radius 1 is 1.41 bits per heavy atom. The Labute approximate surface area is 97.2 Å². The van der Waals surface area contributed by atoms with E-state index in [0.717, 1.165) is 12.1 Å². The van der Waals surface area contributed by atoms with Gasteiger partial charge in [0.25, 0.3) is 0 Å². The number of halogens is 2. The minimum Gasteiger partial charge on any atom is -0.485 e. The van der Waals surface area contributed by atoms with E-state index in [4.69, 9.17) is 4.74 Å². The van der Waals surface area contributed by atoms with Crippen molar-refractivity contribution in [2.75, 3.05) is 11.9 Å². The molecule has 0 atom stereocenters. The van der Waals surface area contributed by atoms with Gasteiger partial charge in [0.05, 0.1) is 5.60 Å². The summed E-state index contributed by atoms with van der Waals surface area (Å²) < 4.78 is 31.7. The molecule has 17 heavy (non-hydrogen) atoms. The van der Waals surface area contributed by atoms with E-state index in [0.29, 0.717) is 6.41 Å². The summed E-state index contributed by atoms with van der Waals surface area (Å²) >= 11 is 0. The van der Waals surface area contributed by atoms with Crippen LogP contribution < -0.4 is 10.1 Å². The molecular weight excluding hydrogens is 232 g/mol. The van der Waals surface area contributed by atoms with Gasteiger partial charge in [0.2, 0.25) is 6.41 Å². The molecule has 6 heteroatoms. The maximum Gasteiger partial charge on any atom is 0.211 e. The molecule has 1 rings (SSSR count). The van der Waals surface area contributed by atoms with Crippen molar-refractivity contribution in [2.24, 2.45) is 0 Å². The Hall–Kier alpha value is -1.69. The second-order valence-electron chi connectivity index (χ2n) is 4.13. The minimum atomic E-state index is -1.20. The summed E-state index contributed by atoms with van der Waals surface area (Å²) in [5.41, 5.74) is -1.20. The van der Waals surface area contributed by atoms with Crippen LogP contribution in [0.15, 0.2) is 12.1 Å². The first-order valence-electron chi connectivity index (χ1n) is 4.88. The molecular formula is C11H13F2NO3. The van der Waals surface area contributed by atoms with Gasteiger partial charge in [-0.2, -0.15) is 0 Å². The molecule has 94 valence electrons. The summed E-state index contributed by atoms with van der Waals surface area (Å²) in [5, 5.41) is 11.5. The molecule has 0 fully saturated rings. The van der Waals surface area contributed by atoms with Crippen LogP contribution in [-0.4, -0.2) is 23.7 Å². The van der Waals surface area contributed by atoms with Crippen molar-refractivity contribution in [3.8, 4) is 5.75 Å². The third-order valence-electron chi connectivity index (χ3n) is 1.79. The van der Waals surface area contributed by atoms with E-state index in [-0.39, 0.29) is 12.3 Å². The molecule has 0 saturated heterocycles. The average molecular weight is 245 g/mol. The van der Waals surface area contributed by atoms with E-state index in [1.165, 1.54) is 13.8 Å². The molecule has 0 heterocycles. The summed E-state index contributed by atoms with van der Waals surface area (Å²) in [6, 6.07) is 1.86. The highest BCUT2D eigenvalue weighted by Gasteiger charge is 2.18. The molecule has 4 nitrogen and oxygen atoms in total. The van der Waals surface area contributed by atoms with Crippen LogP contribution in [-0.2, 0) is 4.79 Å². The van der Waals surface area contributed by atoms with Gasteiger partial charge in [0.1, 0.15) is 6.61 Å². The smallest absolute Gasteiger partial charge is 0.211 e. The van der Waals surface area contributed by atoms with Crippen molar-refractivity contribution < 1.29 is 23.4 Å². The molecule has 0 radical (unpaired) electrons. The summed E-state index contributed by atoms with van der Waals surface area (Å²) in [6.45, 7) is 2.65. The third-order valence-corrected chi connectivity index (χ3v) is 1.79. The Bertz CT molecular complexity index is 393. The van der Waals surface area contributed by atoms with E-state index >= 15 is 0 Å². The summed E-state index contributed by atoms with van der Waals surface area (Å²) in [5.74, 6) is -2.47. The molecule has 1 amide bonds. The summed E-state index contributed by atoms with van der Waals surface area (Å²) in [7, 11) is 0. The fraction of sp³-hybridized carbons (Fsp3) is 0.364. The Kier molecular flexibility index (Phi) is 4.01. The number of carbonyl (C=O) groups excluding carboxylic acids is 1. The van der Waals surface area contributed by atoms with Gasteiger partial charge in [-0.25, -0.2) is 8.78 Å². The predicted octanol–water partition coefficient (Wildman–Crippen LogP) is 1.68. The van der Waals surface area contributed by atoms with Crippen LogP contribution in [0.5, 0.6) is 5.75 Å². The number of nitrogens with one attached hydrogen (secondary N) is 1. The molecule has 0 bridgehead atoms. The van der Waals surface area contributed by atoms with Crippen LogP contribution in [0, 0.1) is 11.6 Å². The van der Waals surface area contributed by atoms with Crippen molar-refractivity contribution in [3.05, 3.63) is 23.8 Å². The highest BCUT2D eigenvalue weighted by Crippen LogP contribution is 2.26. The fourth-order valence-corrected chi connectivity index (χ4v) is 1.10. The van der Waals surface area contributed by atoms with Gasteiger partial charge in [0, 0.05) is 17.8 Å². The van der Waals surface area contributed by atoms with Crippen LogP contribution in [0.25, 0.3) is 0 Å². The lowest BCUT2D eigenvalue weighted by molar-refractivity contribution is -0.105. The lowest BCUT2D eigenvalue weighted by atomic mass is 10.2. The van der Waals surface area contributed by atoms with Gasteiger partial charge in [-0.05, 0) is 13.8 Å². The van der Waals surface area contributed by atoms with E-state index in [9.17, 15) is 18.7 Å². The second kappa shape index (κ2) is 5.09. The molecule has 0 unspecified atom stereocenters. The van der Waals surface area contributed by atoms with Gasteiger partial charge in [0.15, 0.2) is 17.4 Å². The quantitative estimate of drug-likeness (QED) is 0.776. The normalized spacial score (nSPS) is 11.1. The zero-order valence-corrected chi connectivity index (χ0v) is 9.46. The second-order valence-corrected chi connectivity index (χ2v) is 4.13. The fourth-order valence-electron chi connectivity index (χ4n) is 1.10. The largest absolute Gasteiger partial charge is 0.485 e. The molecule has 1 aromatic rings. The number of carbonyl (C=O) groups is 1. The summed E-state index contributed by atoms with van der Waals surface area (Å²) in [4.78, 5) is 10.1. The molecule has 1 aromatic carbocycles. The Morgan fingerprint density at radius 3 is 2.35 bits per heavy atom. The number of amides is 1. The van der Waals surface area contributed by atoms with E-state index in [1.54, 1.807) is 0 Å². The molecule has 0 saturated carbocycles. The summed E-state index contributed by atoms with van der Waals surface area (Å²) in [6.07, 6.45) is 0.311. The van der Waals surface area contributed by atoms with Gasteiger partial charge >= 0.3 is 0 Å². The zero-order valence-electron chi connectivity index (χ0n) is 9.46. The highest BCUT2D eigenvalue weighted by atomic mass is 19.1. The Balaban J connectivity index is 2.90. The average Bonchev–Trinajstić information content (AvgIpc) is 2.14. The lowest BCUT2D eigenvalue weighted by Gasteiger charge is -2.18. The van der Waals surface area contributed by atoms with Crippen LogP contribution in [0.3, 0.4) is 0 Å². The first-order valence-corrected chi connectivity index (χ1v) is 4.88. The number of rotatable bonds is 5. The van der Waals surface area contributed by atoms with Gasteiger partial charge in [-0.3, -0.25) is 4.79 Å². The minimum absolute atomic E-state index is 0.00870. The number of hydrogen-bond donors (Lipinski definition) is 2. The molecule has 0 aliphatic rings. The van der Waals surface area contributed by atoms with Gasteiger partial charge < -0.3 is 15.2 Å². The topological polar surface area (TPSA) is 58.6 Å². The van der Waals surface area contributed by atoms with Crippen molar-refractivity contribution in [3.63, 3.8) is 0 Å².